The van der Waals surface area contributed by atoms with E-state index in [2.05, 4.69) is 49.4 Å². The first-order chi connectivity index (χ1) is 14.1. The number of aryl methyl sites for hydroxylation is 1. The fourth-order valence-electron chi connectivity index (χ4n) is 3.47. The molecule has 0 spiro atoms. The Balaban J connectivity index is 1.37. The molecule has 0 unspecified atom stereocenters. The highest BCUT2D eigenvalue weighted by molar-refractivity contribution is 7.99. The van der Waals surface area contributed by atoms with Crippen LogP contribution in [0, 0.1) is 0 Å². The second-order valence-electron chi connectivity index (χ2n) is 7.06. The van der Waals surface area contributed by atoms with Gasteiger partial charge < -0.3 is 4.57 Å². The first-order valence-electron chi connectivity index (χ1n) is 9.14. The van der Waals surface area contributed by atoms with Crippen LogP contribution in [0.5, 0.6) is 0 Å². The number of H-pyrrole nitrogens is 2. The van der Waals surface area contributed by atoms with E-state index in [0.29, 0.717) is 10.9 Å². The van der Waals surface area contributed by atoms with Crippen LogP contribution in [-0.2, 0) is 7.05 Å². The van der Waals surface area contributed by atoms with Crippen LogP contribution < -0.4 is 5.69 Å². The summed E-state index contributed by atoms with van der Waals surface area (Å²) >= 11 is 7.49. The Hall–Kier alpha value is -2.84. The molecule has 2 N–H and O–H groups in total. The van der Waals surface area contributed by atoms with E-state index in [-0.39, 0.29) is 11.6 Å². The summed E-state index contributed by atoms with van der Waals surface area (Å²) in [5.74, 6) is 1.40. The topological polar surface area (TPSA) is 92.2 Å². The Morgan fingerprint density at radius 2 is 1.97 bits per heavy atom. The Labute approximate surface area is 175 Å². The molecule has 1 fully saturated rings. The van der Waals surface area contributed by atoms with Gasteiger partial charge >= 0.3 is 5.69 Å². The van der Waals surface area contributed by atoms with E-state index < -0.39 is 0 Å². The average Bonchev–Trinajstić information content (AvgIpc) is 3.28. The number of aromatic nitrogens is 6. The van der Waals surface area contributed by atoms with Crippen LogP contribution in [0.3, 0.4) is 0 Å². The Morgan fingerprint density at radius 3 is 2.66 bits per heavy atom. The summed E-state index contributed by atoms with van der Waals surface area (Å²) < 4.78 is 2.00. The highest BCUT2D eigenvalue weighted by Crippen LogP contribution is 2.53. The van der Waals surface area contributed by atoms with Crippen LogP contribution in [0.4, 0.5) is 0 Å². The quantitative estimate of drug-likeness (QED) is 0.505. The summed E-state index contributed by atoms with van der Waals surface area (Å²) in [6.07, 6.45) is 4.45. The van der Waals surface area contributed by atoms with E-state index in [1.54, 1.807) is 18.0 Å². The number of imidazole rings is 1. The van der Waals surface area contributed by atoms with Gasteiger partial charge in [-0.05, 0) is 41.8 Å². The molecule has 3 heterocycles. The van der Waals surface area contributed by atoms with Gasteiger partial charge in [0, 0.05) is 24.7 Å². The molecule has 0 aliphatic heterocycles. The number of aromatic amines is 2. The highest BCUT2D eigenvalue weighted by atomic mass is 35.5. The van der Waals surface area contributed by atoms with Gasteiger partial charge in [-0.1, -0.05) is 35.9 Å². The average molecular weight is 425 g/mol. The van der Waals surface area contributed by atoms with Gasteiger partial charge in [0.1, 0.15) is 21.6 Å². The van der Waals surface area contributed by atoms with E-state index in [0.717, 1.165) is 33.6 Å². The molecule has 0 bridgehead atoms. The van der Waals surface area contributed by atoms with Crippen LogP contribution in [0.15, 0.2) is 63.8 Å². The smallest absolute Gasteiger partial charge is 0.328 e. The lowest BCUT2D eigenvalue weighted by atomic mass is 10.1. The van der Waals surface area contributed by atoms with E-state index in [1.807, 2.05) is 30.1 Å². The number of rotatable bonds is 5. The van der Waals surface area contributed by atoms with E-state index >= 15 is 0 Å². The summed E-state index contributed by atoms with van der Waals surface area (Å²) in [5.41, 5.74) is 2.96. The van der Waals surface area contributed by atoms with Gasteiger partial charge in [-0.3, -0.25) is 4.98 Å². The number of halogens is 1. The number of benzene rings is 1. The number of hydrogen-bond acceptors (Lipinski definition) is 5. The SMILES string of the molecule is Cn1cnc(-c2ccc([C@H]3C[C@@H]3c3n[nH]c(=O)[nH]3)cc2)c1Sc1ccc(Cl)cn1. The number of nitrogens with one attached hydrogen (secondary N) is 2. The van der Waals surface area contributed by atoms with Crippen molar-refractivity contribution in [1.82, 2.24) is 29.7 Å². The minimum Gasteiger partial charge on any atom is -0.328 e. The van der Waals surface area contributed by atoms with Crippen LogP contribution in [0.25, 0.3) is 11.3 Å². The summed E-state index contributed by atoms with van der Waals surface area (Å²) in [7, 11) is 1.97. The molecule has 1 aromatic carbocycles. The molecular weight excluding hydrogens is 408 g/mol. The van der Waals surface area contributed by atoms with Gasteiger partial charge in [-0.15, -0.1) is 0 Å². The Morgan fingerprint density at radius 1 is 1.14 bits per heavy atom. The van der Waals surface area contributed by atoms with Crippen molar-refractivity contribution in [3.63, 3.8) is 0 Å². The maximum absolute atomic E-state index is 11.3. The molecule has 3 aromatic heterocycles. The molecule has 146 valence electrons. The zero-order valence-electron chi connectivity index (χ0n) is 15.5. The largest absolute Gasteiger partial charge is 0.340 e. The van der Waals surface area contributed by atoms with Crippen LogP contribution >= 0.6 is 23.4 Å². The van der Waals surface area contributed by atoms with Crippen molar-refractivity contribution < 1.29 is 0 Å². The third-order valence-electron chi connectivity index (χ3n) is 5.06. The first-order valence-corrected chi connectivity index (χ1v) is 10.3. The third kappa shape index (κ3) is 3.61. The minimum absolute atomic E-state index is 0.253. The molecule has 0 radical (unpaired) electrons. The normalized spacial score (nSPS) is 18.1. The van der Waals surface area contributed by atoms with Crippen molar-refractivity contribution in [3.8, 4) is 11.3 Å². The predicted molar refractivity (Wildman–Crippen MR) is 111 cm³/mol. The van der Waals surface area contributed by atoms with Crippen LogP contribution in [0.1, 0.15) is 29.6 Å². The van der Waals surface area contributed by atoms with E-state index in [9.17, 15) is 4.79 Å². The Kier molecular flexibility index (Phi) is 4.52. The van der Waals surface area contributed by atoms with Crippen molar-refractivity contribution in [2.45, 2.75) is 28.3 Å². The van der Waals surface area contributed by atoms with Gasteiger partial charge in [-0.25, -0.2) is 19.9 Å². The molecule has 29 heavy (non-hydrogen) atoms. The highest BCUT2D eigenvalue weighted by Gasteiger charge is 2.41. The van der Waals surface area contributed by atoms with Crippen LogP contribution in [-0.4, -0.2) is 29.7 Å². The van der Waals surface area contributed by atoms with Gasteiger partial charge in [0.2, 0.25) is 0 Å². The summed E-state index contributed by atoms with van der Waals surface area (Å²) in [6, 6.07) is 12.2. The fourth-order valence-corrected chi connectivity index (χ4v) is 4.48. The predicted octanol–water partition coefficient (Wildman–Crippen LogP) is 3.97. The lowest BCUT2D eigenvalue weighted by molar-refractivity contribution is 0.824. The van der Waals surface area contributed by atoms with Crippen molar-refractivity contribution >= 4 is 23.4 Å². The van der Waals surface area contributed by atoms with E-state index in [1.165, 1.54) is 5.56 Å². The lowest BCUT2D eigenvalue weighted by Crippen LogP contribution is -2.00. The maximum Gasteiger partial charge on any atom is 0.340 e. The standard InChI is InChI=1S/C20H17ClN6OS/c1-27-10-23-17(19(27)29-16-7-6-13(21)9-22-16)12-4-2-11(3-5-12)14-8-15(14)18-24-20(28)26-25-18/h2-7,9-10,14-15H,8H2,1H3,(H2,24,25,26,28)/t14-,15+/m1/s1. The van der Waals surface area contributed by atoms with Gasteiger partial charge in [-0.2, -0.15) is 5.10 Å². The molecular formula is C20H17ClN6OS. The third-order valence-corrected chi connectivity index (χ3v) is 6.41. The fraction of sp³-hybridized carbons (Fsp3) is 0.200. The molecule has 5 rings (SSSR count). The number of nitrogens with zero attached hydrogens (tertiary/aromatic N) is 4. The van der Waals surface area contributed by atoms with E-state index in [4.69, 9.17) is 11.6 Å². The van der Waals surface area contributed by atoms with Gasteiger partial charge in [0.25, 0.3) is 0 Å². The van der Waals surface area contributed by atoms with Crippen molar-refractivity contribution in [1.29, 1.82) is 0 Å². The van der Waals surface area contributed by atoms with Crippen molar-refractivity contribution in [2.75, 3.05) is 0 Å². The van der Waals surface area contributed by atoms with Crippen molar-refractivity contribution in [3.05, 3.63) is 75.8 Å². The van der Waals surface area contributed by atoms with Gasteiger partial charge in [0.05, 0.1) is 11.3 Å². The minimum atomic E-state index is -0.253. The zero-order valence-corrected chi connectivity index (χ0v) is 17.0. The molecule has 7 nitrogen and oxygen atoms in total. The molecule has 0 saturated heterocycles. The monoisotopic (exact) mass is 424 g/mol. The molecule has 1 aliphatic rings. The summed E-state index contributed by atoms with van der Waals surface area (Å²) in [4.78, 5) is 23.0. The molecule has 1 aliphatic carbocycles. The molecule has 4 aromatic rings. The first kappa shape index (κ1) is 18.2. The second-order valence-corrected chi connectivity index (χ2v) is 8.51. The Bertz CT molecular complexity index is 1210. The molecule has 9 heteroatoms. The number of hydrogen-bond donors (Lipinski definition) is 2. The zero-order chi connectivity index (χ0) is 20.0. The lowest BCUT2D eigenvalue weighted by Gasteiger charge is -2.07. The van der Waals surface area contributed by atoms with Crippen molar-refractivity contribution in [2.24, 2.45) is 7.05 Å². The van der Waals surface area contributed by atoms with Crippen LogP contribution in [0.2, 0.25) is 5.02 Å². The summed E-state index contributed by atoms with van der Waals surface area (Å²) in [5, 5.41) is 9.00. The molecule has 1 saturated carbocycles. The molecule has 0 amide bonds. The second kappa shape index (κ2) is 7.20. The van der Waals surface area contributed by atoms with Gasteiger partial charge in [0.15, 0.2) is 0 Å². The maximum atomic E-state index is 11.3. The number of pyridine rings is 1. The summed E-state index contributed by atoms with van der Waals surface area (Å²) in [6.45, 7) is 0. The molecule has 2 atom stereocenters.